The van der Waals surface area contributed by atoms with Crippen LogP contribution in [0.15, 0.2) is 21.5 Å². The van der Waals surface area contributed by atoms with Crippen molar-refractivity contribution in [1.82, 2.24) is 4.31 Å². The van der Waals surface area contributed by atoms with E-state index in [0.29, 0.717) is 11.0 Å². The fourth-order valence-corrected chi connectivity index (χ4v) is 3.59. The van der Waals surface area contributed by atoms with Crippen LogP contribution in [0.5, 0.6) is 0 Å². The first-order valence-electron chi connectivity index (χ1n) is 5.82. The Bertz CT molecular complexity index is 608. The average molecular weight is 388 g/mol. The molecule has 0 aromatic heterocycles. The highest BCUT2D eigenvalue weighted by molar-refractivity contribution is 9.10. The molecule has 2 N–H and O–H groups in total. The minimum atomic E-state index is -3.95. The second-order valence-corrected chi connectivity index (χ2v) is 8.60. The van der Waals surface area contributed by atoms with Gasteiger partial charge < -0.3 is 5.73 Å². The van der Waals surface area contributed by atoms with Crippen molar-refractivity contribution in [3.05, 3.63) is 27.4 Å². The topological polar surface area (TPSA) is 63.4 Å². The highest BCUT2D eigenvalue weighted by Gasteiger charge is 2.29. The summed E-state index contributed by atoms with van der Waals surface area (Å²) < 4.78 is 40.0. The lowest BCUT2D eigenvalue weighted by Gasteiger charge is -2.28. The highest BCUT2D eigenvalue weighted by atomic mass is 79.9. The smallest absolute Gasteiger partial charge is 0.245 e. The van der Waals surface area contributed by atoms with Crippen molar-refractivity contribution in [3.8, 4) is 0 Å². The number of halogens is 3. The standard InChI is InChI=1S/C12H17BrClFN2O2S/c1-12(2,6-16)7-17(3)20(18,19)11-5-9(14)8(13)4-10(11)15/h4-5H,6-7,16H2,1-3H3. The second-order valence-electron chi connectivity index (χ2n) is 5.33. The van der Waals surface area contributed by atoms with Gasteiger partial charge >= 0.3 is 0 Å². The van der Waals surface area contributed by atoms with Crippen LogP contribution < -0.4 is 5.73 Å². The lowest BCUT2D eigenvalue weighted by Crippen LogP contribution is -2.40. The third-order valence-electron chi connectivity index (χ3n) is 2.87. The van der Waals surface area contributed by atoms with Crippen LogP contribution >= 0.6 is 27.5 Å². The zero-order valence-electron chi connectivity index (χ0n) is 11.5. The Morgan fingerprint density at radius 1 is 1.45 bits per heavy atom. The van der Waals surface area contributed by atoms with Crippen LogP contribution in [0.2, 0.25) is 5.02 Å². The molecule has 0 heterocycles. The summed E-state index contributed by atoms with van der Waals surface area (Å²) in [7, 11) is -2.56. The van der Waals surface area contributed by atoms with Gasteiger partial charge in [0.25, 0.3) is 0 Å². The van der Waals surface area contributed by atoms with Gasteiger partial charge in [-0.05, 0) is 40.0 Å². The fraction of sp³-hybridized carbons (Fsp3) is 0.500. The van der Waals surface area contributed by atoms with Gasteiger partial charge in [0, 0.05) is 18.1 Å². The van der Waals surface area contributed by atoms with E-state index in [0.717, 1.165) is 16.4 Å². The average Bonchev–Trinajstić information content (AvgIpc) is 2.33. The summed E-state index contributed by atoms with van der Waals surface area (Å²) in [4.78, 5) is -0.443. The lowest BCUT2D eigenvalue weighted by molar-refractivity contribution is 0.291. The molecule has 0 aliphatic carbocycles. The Hall–Kier alpha value is -0.210. The van der Waals surface area contributed by atoms with Gasteiger partial charge in [0.05, 0.1) is 5.02 Å². The molecule has 0 radical (unpaired) electrons. The molecule has 1 aromatic rings. The van der Waals surface area contributed by atoms with E-state index < -0.39 is 26.2 Å². The molecule has 0 aliphatic heterocycles. The van der Waals surface area contributed by atoms with Gasteiger partial charge in [-0.15, -0.1) is 0 Å². The number of hydrogen-bond acceptors (Lipinski definition) is 3. The zero-order valence-corrected chi connectivity index (χ0v) is 14.6. The number of benzene rings is 1. The summed E-state index contributed by atoms with van der Waals surface area (Å²) in [6, 6.07) is 2.14. The van der Waals surface area contributed by atoms with Crippen molar-refractivity contribution >= 4 is 37.6 Å². The van der Waals surface area contributed by atoms with E-state index in [1.807, 2.05) is 13.8 Å². The first-order chi connectivity index (χ1) is 9.01. The summed E-state index contributed by atoms with van der Waals surface area (Å²) in [6.07, 6.45) is 0. The normalized spacial score (nSPS) is 13.0. The molecule has 0 aliphatic rings. The van der Waals surface area contributed by atoms with Crippen molar-refractivity contribution in [2.75, 3.05) is 20.1 Å². The Morgan fingerprint density at radius 3 is 2.50 bits per heavy atom. The Balaban J connectivity index is 3.21. The third kappa shape index (κ3) is 3.92. The molecule has 0 amide bonds. The van der Waals surface area contributed by atoms with Crippen LogP contribution in [0.25, 0.3) is 0 Å². The molecular formula is C12H17BrClFN2O2S. The van der Waals surface area contributed by atoms with Gasteiger partial charge in [-0.25, -0.2) is 17.1 Å². The summed E-state index contributed by atoms with van der Waals surface area (Å²) in [6.45, 7) is 4.17. The largest absolute Gasteiger partial charge is 0.330 e. The maximum Gasteiger partial charge on any atom is 0.245 e. The molecule has 1 aromatic carbocycles. The van der Waals surface area contributed by atoms with Gasteiger partial charge in [0.2, 0.25) is 10.0 Å². The van der Waals surface area contributed by atoms with E-state index in [1.165, 1.54) is 7.05 Å². The SMILES string of the molecule is CN(CC(C)(C)CN)S(=O)(=O)c1cc(Cl)c(Br)cc1F. The van der Waals surface area contributed by atoms with E-state index >= 15 is 0 Å². The minimum absolute atomic E-state index is 0.136. The Morgan fingerprint density at radius 2 is 2.00 bits per heavy atom. The first kappa shape index (κ1) is 17.8. The number of rotatable bonds is 5. The molecule has 1 rings (SSSR count). The van der Waals surface area contributed by atoms with Gasteiger partial charge in [-0.2, -0.15) is 0 Å². The quantitative estimate of drug-likeness (QED) is 0.790. The molecule has 0 unspecified atom stereocenters. The van der Waals surface area contributed by atoms with Gasteiger partial charge in [0.1, 0.15) is 10.7 Å². The number of sulfonamides is 1. The molecule has 0 atom stereocenters. The molecule has 0 saturated heterocycles. The summed E-state index contributed by atoms with van der Waals surface area (Å²) in [5, 5.41) is 0.136. The predicted octanol–water partition coefficient (Wildman–Crippen LogP) is 2.85. The van der Waals surface area contributed by atoms with Crippen molar-refractivity contribution in [2.24, 2.45) is 11.1 Å². The van der Waals surface area contributed by atoms with Crippen LogP contribution in [0.1, 0.15) is 13.8 Å². The maximum atomic E-state index is 13.9. The number of hydrogen-bond donors (Lipinski definition) is 1. The molecule has 114 valence electrons. The van der Waals surface area contributed by atoms with Crippen LogP contribution in [0.3, 0.4) is 0 Å². The van der Waals surface area contributed by atoms with E-state index in [4.69, 9.17) is 17.3 Å². The van der Waals surface area contributed by atoms with Crippen molar-refractivity contribution in [3.63, 3.8) is 0 Å². The molecule has 8 heteroatoms. The Labute approximate surface area is 132 Å². The van der Waals surface area contributed by atoms with E-state index in [2.05, 4.69) is 15.9 Å². The van der Waals surface area contributed by atoms with Gasteiger partial charge in [-0.1, -0.05) is 25.4 Å². The number of nitrogens with zero attached hydrogens (tertiary/aromatic N) is 1. The van der Waals surface area contributed by atoms with E-state index in [9.17, 15) is 12.8 Å². The van der Waals surface area contributed by atoms with Crippen LogP contribution in [0, 0.1) is 11.2 Å². The van der Waals surface area contributed by atoms with Crippen LogP contribution in [-0.4, -0.2) is 32.9 Å². The monoisotopic (exact) mass is 386 g/mol. The summed E-state index contributed by atoms with van der Waals surface area (Å²) >= 11 is 8.89. The maximum absolute atomic E-state index is 13.9. The van der Waals surface area contributed by atoms with Gasteiger partial charge in [-0.3, -0.25) is 0 Å². The van der Waals surface area contributed by atoms with E-state index in [1.54, 1.807) is 0 Å². The van der Waals surface area contributed by atoms with Crippen molar-refractivity contribution < 1.29 is 12.8 Å². The second kappa shape index (κ2) is 6.27. The van der Waals surface area contributed by atoms with Gasteiger partial charge in [0.15, 0.2) is 0 Å². The van der Waals surface area contributed by atoms with E-state index in [-0.39, 0.29) is 11.6 Å². The highest BCUT2D eigenvalue weighted by Crippen LogP contribution is 2.30. The molecular weight excluding hydrogens is 371 g/mol. The van der Waals surface area contributed by atoms with Crippen LogP contribution in [0.4, 0.5) is 4.39 Å². The fourth-order valence-electron chi connectivity index (χ4n) is 1.62. The Kier molecular flexibility index (Phi) is 5.60. The zero-order chi connectivity index (χ0) is 15.7. The molecule has 0 saturated carbocycles. The molecule has 0 spiro atoms. The lowest BCUT2D eigenvalue weighted by atomic mass is 9.94. The minimum Gasteiger partial charge on any atom is -0.330 e. The molecule has 0 fully saturated rings. The molecule has 4 nitrogen and oxygen atoms in total. The van der Waals surface area contributed by atoms with Crippen LogP contribution in [-0.2, 0) is 10.0 Å². The van der Waals surface area contributed by atoms with Crippen molar-refractivity contribution in [1.29, 1.82) is 0 Å². The molecule has 20 heavy (non-hydrogen) atoms. The number of nitrogens with two attached hydrogens (primary N) is 1. The predicted molar refractivity (Wildman–Crippen MR) is 81.8 cm³/mol. The third-order valence-corrected chi connectivity index (χ3v) is 5.88. The summed E-state index contributed by atoms with van der Waals surface area (Å²) in [5.74, 6) is -0.848. The first-order valence-corrected chi connectivity index (χ1v) is 8.43. The van der Waals surface area contributed by atoms with Crippen molar-refractivity contribution in [2.45, 2.75) is 18.7 Å². The molecule has 0 bridgehead atoms. The summed E-state index contributed by atoms with van der Waals surface area (Å²) in [5.41, 5.74) is 5.18.